The number of ether oxygens (including phenoxy) is 4. The van der Waals surface area contributed by atoms with Crippen LogP contribution in [-0.2, 0) is 9.47 Å². The average molecular weight is 659 g/mol. The lowest BCUT2D eigenvalue weighted by Crippen LogP contribution is -2.31. The maximum Gasteiger partial charge on any atom is 0.196 e. The minimum absolute atomic E-state index is 0.104. The summed E-state index contributed by atoms with van der Waals surface area (Å²) < 4.78 is 22.8. The Balaban J connectivity index is 1.21. The van der Waals surface area contributed by atoms with Crippen molar-refractivity contribution in [3.05, 3.63) is 119 Å². The number of aliphatic hydroxyl groups excluding tert-OH is 2. The molecule has 0 heterocycles. The maximum absolute atomic E-state index is 12.7. The van der Waals surface area contributed by atoms with Crippen molar-refractivity contribution < 1.29 is 49.0 Å². The fraction of sp³-hybridized carbons (Fsp3) is 0.316. The molecule has 4 N–H and O–H groups in total. The number of phenols is 2. The highest BCUT2D eigenvalue weighted by Gasteiger charge is 2.19. The Labute approximate surface area is 280 Å². The monoisotopic (exact) mass is 658 g/mol. The zero-order chi connectivity index (χ0) is 34.3. The summed E-state index contributed by atoms with van der Waals surface area (Å²) in [6.45, 7) is 1.60. The van der Waals surface area contributed by atoms with Gasteiger partial charge >= 0.3 is 0 Å². The van der Waals surface area contributed by atoms with Crippen LogP contribution in [0.2, 0.25) is 0 Å². The highest BCUT2D eigenvalue weighted by atomic mass is 16.7. The number of aromatic hydroxyl groups is 2. The minimum Gasteiger partial charge on any atom is -0.507 e. The third-order valence-electron chi connectivity index (χ3n) is 7.38. The summed E-state index contributed by atoms with van der Waals surface area (Å²) in [4.78, 5) is 25.3. The SMILES string of the molecule is CCCCCC(OCC(O)COc1ccc(C(=O)c2ccccc2)c(O)c1)OCC(O)COc1ccc(C(=O)c2ccccc2)c(O)c1. The lowest BCUT2D eigenvalue weighted by atomic mass is 10.0. The molecule has 0 aliphatic carbocycles. The number of ketones is 2. The van der Waals surface area contributed by atoms with Gasteiger partial charge in [0.05, 0.1) is 24.3 Å². The number of unbranched alkanes of at least 4 members (excludes halogenated alkanes) is 2. The zero-order valence-corrected chi connectivity index (χ0v) is 26.9. The van der Waals surface area contributed by atoms with Crippen LogP contribution in [0.25, 0.3) is 0 Å². The van der Waals surface area contributed by atoms with Gasteiger partial charge in [-0.3, -0.25) is 9.59 Å². The van der Waals surface area contributed by atoms with Gasteiger partial charge in [0.2, 0.25) is 0 Å². The molecule has 0 aliphatic heterocycles. The van der Waals surface area contributed by atoms with E-state index in [9.17, 15) is 30.0 Å². The first-order valence-corrected chi connectivity index (χ1v) is 16.0. The van der Waals surface area contributed by atoms with Gasteiger partial charge in [0.15, 0.2) is 17.9 Å². The molecule has 10 heteroatoms. The van der Waals surface area contributed by atoms with Crippen LogP contribution in [0.3, 0.4) is 0 Å². The Bertz CT molecular complexity index is 1480. The normalized spacial score (nSPS) is 13.0. The van der Waals surface area contributed by atoms with Crippen LogP contribution in [0.1, 0.15) is 64.4 Å². The Morgan fingerprint density at radius 3 is 1.44 bits per heavy atom. The highest BCUT2D eigenvalue weighted by molar-refractivity contribution is 6.11. The van der Waals surface area contributed by atoms with E-state index in [-0.39, 0.29) is 72.1 Å². The molecule has 0 spiro atoms. The molecule has 0 aromatic heterocycles. The van der Waals surface area contributed by atoms with Crippen molar-refractivity contribution in [2.24, 2.45) is 0 Å². The van der Waals surface area contributed by atoms with Crippen LogP contribution in [0, 0.1) is 0 Å². The van der Waals surface area contributed by atoms with E-state index < -0.39 is 18.5 Å². The highest BCUT2D eigenvalue weighted by Crippen LogP contribution is 2.27. The number of hydrogen-bond acceptors (Lipinski definition) is 10. The largest absolute Gasteiger partial charge is 0.507 e. The predicted molar refractivity (Wildman–Crippen MR) is 179 cm³/mol. The van der Waals surface area contributed by atoms with Crippen LogP contribution in [0.4, 0.5) is 0 Å². The molecular weight excluding hydrogens is 616 g/mol. The van der Waals surface area contributed by atoms with Gasteiger partial charge in [0.1, 0.15) is 48.4 Å². The van der Waals surface area contributed by atoms with E-state index in [1.54, 1.807) is 72.8 Å². The Morgan fingerprint density at radius 1 is 0.604 bits per heavy atom. The van der Waals surface area contributed by atoms with Gasteiger partial charge in [0, 0.05) is 23.3 Å². The summed E-state index contributed by atoms with van der Waals surface area (Å²) in [6.07, 6.45) is 0.580. The first kappa shape index (κ1) is 36.1. The van der Waals surface area contributed by atoms with Gasteiger partial charge in [-0.2, -0.15) is 0 Å². The summed E-state index contributed by atoms with van der Waals surface area (Å²) >= 11 is 0. The van der Waals surface area contributed by atoms with E-state index in [2.05, 4.69) is 6.92 Å². The number of benzene rings is 4. The molecule has 0 saturated heterocycles. The first-order chi connectivity index (χ1) is 23.2. The van der Waals surface area contributed by atoms with Gasteiger partial charge in [-0.05, 0) is 37.1 Å². The number of aliphatic hydroxyl groups is 2. The Hall–Kier alpha value is -4.74. The van der Waals surface area contributed by atoms with Crippen molar-refractivity contribution in [1.82, 2.24) is 0 Å². The van der Waals surface area contributed by atoms with Gasteiger partial charge in [-0.1, -0.05) is 80.4 Å². The van der Waals surface area contributed by atoms with Gasteiger partial charge < -0.3 is 39.4 Å². The van der Waals surface area contributed by atoms with Gasteiger partial charge in [-0.15, -0.1) is 0 Å². The van der Waals surface area contributed by atoms with Gasteiger partial charge in [0.25, 0.3) is 0 Å². The fourth-order valence-corrected chi connectivity index (χ4v) is 4.77. The summed E-state index contributed by atoms with van der Waals surface area (Å²) in [5, 5.41) is 41.8. The lowest BCUT2D eigenvalue weighted by Gasteiger charge is -2.22. The van der Waals surface area contributed by atoms with Crippen LogP contribution >= 0.6 is 0 Å². The molecule has 0 aliphatic rings. The Morgan fingerprint density at radius 2 is 1.04 bits per heavy atom. The van der Waals surface area contributed by atoms with Gasteiger partial charge in [-0.25, -0.2) is 0 Å². The van der Waals surface area contributed by atoms with Crippen molar-refractivity contribution in [1.29, 1.82) is 0 Å². The predicted octanol–water partition coefficient (Wildman–Crippen LogP) is 5.68. The Kier molecular flexibility index (Phi) is 14.0. The second-order valence-electron chi connectivity index (χ2n) is 11.3. The van der Waals surface area contributed by atoms with Crippen LogP contribution in [0.15, 0.2) is 97.1 Å². The van der Waals surface area contributed by atoms with E-state index in [4.69, 9.17) is 18.9 Å². The minimum atomic E-state index is -1.02. The summed E-state index contributed by atoms with van der Waals surface area (Å²) in [5.74, 6) is -0.535. The molecule has 0 radical (unpaired) electrons. The van der Waals surface area contributed by atoms with E-state index >= 15 is 0 Å². The number of hydrogen-bond donors (Lipinski definition) is 4. The molecule has 0 bridgehead atoms. The molecule has 2 unspecified atom stereocenters. The number of phenolic OH excluding ortho intramolecular Hbond substituents is 2. The number of carbonyl (C=O) groups excluding carboxylic acids is 2. The molecule has 0 saturated carbocycles. The standard InChI is InChI=1S/C38H42O10/c1-2-3-6-15-36(47-24-28(39)22-45-30-16-18-32(34(41)20-30)37(43)26-11-7-4-8-12-26)48-25-29(40)23-46-31-17-19-33(35(42)21-31)38(44)27-13-9-5-10-14-27/h4-5,7-14,16-21,28-29,36,39-42H,2-3,6,15,22-25H2,1H3. The van der Waals surface area contributed by atoms with Crippen molar-refractivity contribution in [3.63, 3.8) is 0 Å². The second-order valence-corrected chi connectivity index (χ2v) is 11.3. The van der Waals surface area contributed by atoms with Crippen molar-refractivity contribution >= 4 is 11.6 Å². The average Bonchev–Trinajstić information content (AvgIpc) is 3.11. The van der Waals surface area contributed by atoms with E-state index in [0.29, 0.717) is 17.5 Å². The van der Waals surface area contributed by atoms with Crippen LogP contribution in [0.5, 0.6) is 23.0 Å². The molecule has 0 fully saturated rings. The van der Waals surface area contributed by atoms with E-state index in [1.165, 1.54) is 24.3 Å². The molecule has 4 rings (SSSR count). The third kappa shape index (κ3) is 10.9. The first-order valence-electron chi connectivity index (χ1n) is 16.0. The van der Waals surface area contributed by atoms with E-state index in [1.807, 2.05) is 0 Å². The van der Waals surface area contributed by atoms with Crippen molar-refractivity contribution in [2.75, 3.05) is 26.4 Å². The topological polar surface area (TPSA) is 152 Å². The molecule has 4 aromatic carbocycles. The van der Waals surface area contributed by atoms with Crippen LogP contribution in [-0.4, -0.2) is 76.9 Å². The smallest absolute Gasteiger partial charge is 0.196 e. The zero-order valence-electron chi connectivity index (χ0n) is 26.9. The summed E-state index contributed by atoms with van der Waals surface area (Å²) in [6, 6.07) is 25.9. The van der Waals surface area contributed by atoms with E-state index in [0.717, 1.165) is 19.3 Å². The maximum atomic E-state index is 12.7. The summed E-state index contributed by atoms with van der Waals surface area (Å²) in [5.41, 5.74) is 1.19. The molecule has 48 heavy (non-hydrogen) atoms. The number of rotatable bonds is 20. The molecule has 10 nitrogen and oxygen atoms in total. The molecule has 2 atom stereocenters. The summed E-state index contributed by atoms with van der Waals surface area (Å²) in [7, 11) is 0. The van der Waals surface area contributed by atoms with Crippen molar-refractivity contribution in [2.45, 2.75) is 51.1 Å². The second kappa shape index (κ2) is 18.6. The number of carbonyl (C=O) groups is 2. The quantitative estimate of drug-likeness (QED) is 0.0530. The fourth-order valence-electron chi connectivity index (χ4n) is 4.77. The van der Waals surface area contributed by atoms with Crippen molar-refractivity contribution in [3.8, 4) is 23.0 Å². The van der Waals surface area contributed by atoms with Crippen LogP contribution < -0.4 is 9.47 Å². The third-order valence-corrected chi connectivity index (χ3v) is 7.38. The molecule has 254 valence electrons. The lowest BCUT2D eigenvalue weighted by molar-refractivity contribution is -0.177. The molecular formula is C38H42O10. The molecule has 4 aromatic rings. The molecule has 0 amide bonds.